The number of rotatable bonds is 2. The van der Waals surface area contributed by atoms with E-state index in [1.165, 1.54) is 5.17 Å². The number of methoxy groups -OCH3 is 1. The van der Waals surface area contributed by atoms with Crippen molar-refractivity contribution < 1.29 is 9.57 Å². The monoisotopic (exact) mass is 372 g/mol. The Morgan fingerprint density at radius 3 is 2.46 bits per heavy atom. The van der Waals surface area contributed by atoms with E-state index >= 15 is 0 Å². The number of hydrogen-bond donors (Lipinski definition) is 2. The maximum atomic E-state index is 8.83. The molecule has 0 unspecified atom stereocenters. The van der Waals surface area contributed by atoms with E-state index in [9.17, 15) is 0 Å². The third-order valence-electron chi connectivity index (χ3n) is 3.85. The summed E-state index contributed by atoms with van der Waals surface area (Å²) < 4.78 is 4.97. The second kappa shape index (κ2) is 8.48. The quantitative estimate of drug-likeness (QED) is 0.826. The molecule has 6 nitrogen and oxygen atoms in total. The van der Waals surface area contributed by atoms with Crippen LogP contribution in [0.25, 0.3) is 5.70 Å². The molecular weight excluding hydrogens is 352 g/mol. The molecule has 2 aromatic rings. The standard InChI is InChI=1S/C11H12N4O.C8H9ClO/c1-7-11(13)9-5-8(6-12)3-4-10(9)14-15(7)16-2;1-6-3-4-8(10-2)7(9)5-6/h3-5,14H,13H2,1-2H3;3-5H,1-2H3. The second-order valence-corrected chi connectivity index (χ2v) is 6.01. The summed E-state index contributed by atoms with van der Waals surface area (Å²) >= 11 is 5.80. The number of allylic oxidation sites excluding steroid dienone is 1. The molecule has 0 aromatic heterocycles. The molecule has 0 bridgehead atoms. The molecule has 0 fully saturated rings. The van der Waals surface area contributed by atoms with Gasteiger partial charge in [0.1, 0.15) is 5.75 Å². The fraction of sp³-hybridized carbons (Fsp3) is 0.211. The minimum Gasteiger partial charge on any atom is -0.495 e. The molecule has 3 N–H and O–H groups in total. The molecule has 0 saturated heterocycles. The summed E-state index contributed by atoms with van der Waals surface area (Å²) in [4.78, 5) is 5.11. The molecule has 0 saturated carbocycles. The van der Waals surface area contributed by atoms with Crippen LogP contribution in [-0.4, -0.2) is 19.4 Å². The number of benzene rings is 2. The zero-order valence-electron chi connectivity index (χ0n) is 15.1. The molecule has 0 spiro atoms. The zero-order valence-corrected chi connectivity index (χ0v) is 15.9. The summed E-state index contributed by atoms with van der Waals surface area (Å²) in [5.41, 5.74) is 13.8. The summed E-state index contributed by atoms with van der Waals surface area (Å²) in [5, 5.41) is 11.0. The SMILES string of the molecule is CON1Nc2ccc(C#N)cc2C(N)=C1C.COc1ccc(C)cc1Cl. The minimum absolute atomic E-state index is 0.585. The third kappa shape index (κ3) is 4.20. The molecule has 136 valence electrons. The number of anilines is 1. The van der Waals surface area contributed by atoms with E-state index in [1.54, 1.807) is 32.4 Å². The Bertz CT molecular complexity index is 874. The molecule has 0 atom stereocenters. The number of hydroxylamine groups is 1. The summed E-state index contributed by atoms with van der Waals surface area (Å²) in [5.74, 6) is 0.729. The lowest BCUT2D eigenvalue weighted by Crippen LogP contribution is -2.32. The van der Waals surface area contributed by atoms with Crippen molar-refractivity contribution in [3.8, 4) is 11.8 Å². The summed E-state index contributed by atoms with van der Waals surface area (Å²) in [6, 6.07) is 13.1. The van der Waals surface area contributed by atoms with Crippen LogP contribution in [0.4, 0.5) is 5.69 Å². The zero-order chi connectivity index (χ0) is 19.3. The van der Waals surface area contributed by atoms with E-state index in [-0.39, 0.29) is 0 Å². The molecule has 1 aliphatic rings. The van der Waals surface area contributed by atoms with Gasteiger partial charge < -0.3 is 10.5 Å². The lowest BCUT2D eigenvalue weighted by molar-refractivity contribution is -0.0782. The van der Waals surface area contributed by atoms with Crippen molar-refractivity contribution >= 4 is 23.0 Å². The van der Waals surface area contributed by atoms with E-state index in [2.05, 4.69) is 11.5 Å². The molecule has 2 aromatic carbocycles. The van der Waals surface area contributed by atoms with Gasteiger partial charge >= 0.3 is 0 Å². The fourth-order valence-electron chi connectivity index (χ4n) is 2.39. The first-order chi connectivity index (χ1) is 12.4. The number of nitrogens with zero attached hydrogens (tertiary/aromatic N) is 2. The topological polar surface area (TPSA) is 83.5 Å². The maximum Gasteiger partial charge on any atom is 0.137 e. The fourth-order valence-corrected chi connectivity index (χ4v) is 2.70. The highest BCUT2D eigenvalue weighted by Crippen LogP contribution is 2.30. The van der Waals surface area contributed by atoms with E-state index in [4.69, 9.17) is 32.2 Å². The number of ether oxygens (including phenoxy) is 1. The van der Waals surface area contributed by atoms with Crippen LogP contribution in [0.3, 0.4) is 0 Å². The van der Waals surface area contributed by atoms with E-state index in [0.29, 0.717) is 16.3 Å². The van der Waals surface area contributed by atoms with E-state index < -0.39 is 0 Å². The number of aryl methyl sites for hydroxylation is 1. The summed E-state index contributed by atoms with van der Waals surface area (Å²) in [7, 11) is 3.16. The number of hydrazine groups is 1. The van der Waals surface area contributed by atoms with Crippen LogP contribution in [0.1, 0.15) is 23.6 Å². The van der Waals surface area contributed by atoms with Gasteiger partial charge in [0.15, 0.2) is 0 Å². The van der Waals surface area contributed by atoms with Gasteiger partial charge in [0.2, 0.25) is 0 Å². The van der Waals surface area contributed by atoms with Crippen molar-refractivity contribution in [3.63, 3.8) is 0 Å². The Morgan fingerprint density at radius 1 is 1.15 bits per heavy atom. The highest BCUT2D eigenvalue weighted by atomic mass is 35.5. The van der Waals surface area contributed by atoms with Crippen molar-refractivity contribution in [2.75, 3.05) is 19.6 Å². The van der Waals surface area contributed by atoms with Gasteiger partial charge in [-0.3, -0.25) is 10.3 Å². The van der Waals surface area contributed by atoms with Crippen LogP contribution >= 0.6 is 11.6 Å². The van der Waals surface area contributed by atoms with Crippen molar-refractivity contribution in [1.82, 2.24) is 5.17 Å². The van der Waals surface area contributed by atoms with Crippen molar-refractivity contribution in [2.24, 2.45) is 5.73 Å². The Morgan fingerprint density at radius 2 is 1.88 bits per heavy atom. The first kappa shape index (κ1) is 19.4. The number of nitrogens with two attached hydrogens (primary N) is 1. The molecule has 1 aliphatic heterocycles. The number of fused-ring (bicyclic) bond motifs is 1. The van der Waals surface area contributed by atoms with Crippen LogP contribution < -0.4 is 15.9 Å². The molecular formula is C19H21ClN4O2. The summed E-state index contributed by atoms with van der Waals surface area (Å²) in [6.45, 7) is 3.83. The molecule has 26 heavy (non-hydrogen) atoms. The van der Waals surface area contributed by atoms with Crippen LogP contribution in [0.15, 0.2) is 42.1 Å². The third-order valence-corrected chi connectivity index (χ3v) is 4.14. The van der Waals surface area contributed by atoms with Crippen LogP contribution in [-0.2, 0) is 4.84 Å². The highest BCUT2D eigenvalue weighted by molar-refractivity contribution is 6.32. The number of halogens is 1. The predicted molar refractivity (Wildman–Crippen MR) is 103 cm³/mol. The highest BCUT2D eigenvalue weighted by Gasteiger charge is 2.20. The van der Waals surface area contributed by atoms with Crippen LogP contribution in [0.5, 0.6) is 5.75 Å². The lowest BCUT2D eigenvalue weighted by Gasteiger charge is -2.30. The van der Waals surface area contributed by atoms with Gasteiger partial charge in [0, 0.05) is 5.56 Å². The van der Waals surface area contributed by atoms with Crippen molar-refractivity contribution in [3.05, 3.63) is 63.8 Å². The van der Waals surface area contributed by atoms with Gasteiger partial charge in [-0.25, -0.2) is 0 Å². The first-order valence-corrected chi connectivity index (χ1v) is 8.21. The van der Waals surface area contributed by atoms with Gasteiger partial charge in [-0.15, -0.1) is 0 Å². The largest absolute Gasteiger partial charge is 0.495 e. The van der Waals surface area contributed by atoms with Gasteiger partial charge in [-0.2, -0.15) is 10.4 Å². The Balaban J connectivity index is 0.000000209. The Labute approximate surface area is 158 Å². The number of nitrogens with one attached hydrogen (secondary N) is 1. The average Bonchev–Trinajstić information content (AvgIpc) is 2.65. The normalized spacial score (nSPS) is 12.4. The molecule has 0 radical (unpaired) electrons. The Hall–Kier alpha value is -2.88. The van der Waals surface area contributed by atoms with Crippen molar-refractivity contribution in [2.45, 2.75) is 13.8 Å². The smallest absolute Gasteiger partial charge is 0.137 e. The number of nitriles is 1. The van der Waals surface area contributed by atoms with Crippen LogP contribution in [0, 0.1) is 18.3 Å². The van der Waals surface area contributed by atoms with Gasteiger partial charge in [-0.05, 0) is 49.7 Å². The summed E-state index contributed by atoms with van der Waals surface area (Å²) in [6.07, 6.45) is 0. The van der Waals surface area contributed by atoms with Gasteiger partial charge in [-0.1, -0.05) is 17.7 Å². The molecule has 1 heterocycles. The minimum atomic E-state index is 0.585. The van der Waals surface area contributed by atoms with Gasteiger partial charge in [0.25, 0.3) is 0 Å². The second-order valence-electron chi connectivity index (χ2n) is 5.60. The molecule has 3 rings (SSSR count). The lowest BCUT2D eigenvalue weighted by atomic mass is 10.0. The van der Waals surface area contributed by atoms with Crippen molar-refractivity contribution in [1.29, 1.82) is 5.26 Å². The molecule has 7 heteroatoms. The molecule has 0 aliphatic carbocycles. The predicted octanol–water partition coefficient (Wildman–Crippen LogP) is 4.07. The first-order valence-electron chi connectivity index (χ1n) is 7.83. The van der Waals surface area contributed by atoms with Crippen LogP contribution in [0.2, 0.25) is 5.02 Å². The van der Waals surface area contributed by atoms with E-state index in [0.717, 1.165) is 28.3 Å². The Kier molecular flexibility index (Phi) is 6.34. The number of hydrogen-bond acceptors (Lipinski definition) is 6. The van der Waals surface area contributed by atoms with Gasteiger partial charge in [0.05, 0.1) is 48.0 Å². The van der Waals surface area contributed by atoms with E-state index in [1.807, 2.05) is 32.0 Å². The maximum absolute atomic E-state index is 8.83. The average molecular weight is 373 g/mol. The molecule has 0 amide bonds.